The largest absolute Gasteiger partial charge is 0.312 e. The second kappa shape index (κ2) is 4.71. The first-order valence-corrected chi connectivity index (χ1v) is 9.01. The molecule has 0 aliphatic heterocycles. The monoisotopic (exact) mass is 276 g/mol. The highest BCUT2D eigenvalue weighted by Gasteiger charge is 2.55. The average molecular weight is 276 g/mol. The van der Waals surface area contributed by atoms with Crippen LogP contribution in [0.1, 0.15) is 65.2 Å². The molecule has 5 rings (SSSR count). The van der Waals surface area contributed by atoms with Crippen LogP contribution in [0.25, 0.3) is 0 Å². The van der Waals surface area contributed by atoms with Gasteiger partial charge in [0.25, 0.3) is 0 Å². The van der Waals surface area contributed by atoms with Crippen LogP contribution in [-0.2, 0) is 0 Å². The maximum absolute atomic E-state index is 3.88. The highest BCUT2D eigenvalue weighted by Crippen LogP contribution is 2.64. The van der Waals surface area contributed by atoms with Crippen molar-refractivity contribution >= 4 is 0 Å². The fourth-order valence-electron chi connectivity index (χ4n) is 6.23. The van der Waals surface area contributed by atoms with E-state index in [1.807, 2.05) is 0 Å². The minimum atomic E-state index is 0.636. The van der Waals surface area contributed by atoms with E-state index in [-0.39, 0.29) is 0 Å². The van der Waals surface area contributed by atoms with E-state index in [1.54, 1.807) is 6.42 Å². The lowest BCUT2D eigenvalue weighted by Crippen LogP contribution is -2.55. The average Bonchev–Trinajstić information content (AvgIpc) is 3.15. The summed E-state index contributed by atoms with van der Waals surface area (Å²) in [4.78, 5) is 0. The van der Waals surface area contributed by atoms with Crippen molar-refractivity contribution in [1.29, 1.82) is 0 Å². The van der Waals surface area contributed by atoms with Crippen LogP contribution in [0.2, 0.25) is 0 Å². The molecule has 2 N–H and O–H groups in total. The van der Waals surface area contributed by atoms with Crippen LogP contribution in [0.5, 0.6) is 0 Å². The molecular formula is C18H32N2. The Morgan fingerprint density at radius 3 is 2.40 bits per heavy atom. The van der Waals surface area contributed by atoms with E-state index < -0.39 is 0 Å². The Bertz CT molecular complexity index is 360. The van der Waals surface area contributed by atoms with Gasteiger partial charge in [-0.15, -0.1) is 0 Å². The van der Waals surface area contributed by atoms with Gasteiger partial charge in [-0.1, -0.05) is 6.92 Å². The molecule has 2 heteroatoms. The van der Waals surface area contributed by atoms with Gasteiger partial charge in [0.15, 0.2) is 0 Å². The maximum Gasteiger partial charge on any atom is 0.0164 e. The normalized spacial score (nSPS) is 47.7. The highest BCUT2D eigenvalue weighted by molar-refractivity contribution is 5.07. The molecule has 0 amide bonds. The van der Waals surface area contributed by atoms with Crippen molar-refractivity contribution in [2.24, 2.45) is 22.7 Å². The minimum Gasteiger partial charge on any atom is -0.312 e. The fourth-order valence-corrected chi connectivity index (χ4v) is 6.23. The molecule has 20 heavy (non-hydrogen) atoms. The molecule has 3 unspecified atom stereocenters. The van der Waals surface area contributed by atoms with Gasteiger partial charge >= 0.3 is 0 Å². The second-order valence-corrected chi connectivity index (χ2v) is 9.24. The van der Waals surface area contributed by atoms with Crippen molar-refractivity contribution in [3.05, 3.63) is 0 Å². The van der Waals surface area contributed by atoms with E-state index >= 15 is 0 Å². The van der Waals surface area contributed by atoms with Gasteiger partial charge in [-0.3, -0.25) is 0 Å². The first-order valence-electron chi connectivity index (χ1n) is 9.01. The molecule has 0 saturated heterocycles. The first kappa shape index (κ1) is 13.6. The van der Waals surface area contributed by atoms with Gasteiger partial charge in [-0.25, -0.2) is 0 Å². The van der Waals surface area contributed by atoms with E-state index in [2.05, 4.69) is 24.5 Å². The summed E-state index contributed by atoms with van der Waals surface area (Å²) in [6, 6.07) is 1.48. The minimum absolute atomic E-state index is 0.636. The topological polar surface area (TPSA) is 24.1 Å². The molecule has 5 saturated carbocycles. The van der Waals surface area contributed by atoms with Gasteiger partial charge in [-0.2, -0.15) is 0 Å². The van der Waals surface area contributed by atoms with Gasteiger partial charge in [0, 0.05) is 25.2 Å². The van der Waals surface area contributed by atoms with E-state index in [9.17, 15) is 0 Å². The molecule has 5 aliphatic rings. The molecule has 3 atom stereocenters. The Balaban J connectivity index is 1.33. The van der Waals surface area contributed by atoms with Crippen LogP contribution < -0.4 is 10.6 Å². The van der Waals surface area contributed by atoms with Crippen LogP contribution in [0.15, 0.2) is 0 Å². The summed E-state index contributed by atoms with van der Waals surface area (Å²) < 4.78 is 0. The summed E-state index contributed by atoms with van der Waals surface area (Å²) >= 11 is 0. The third-order valence-corrected chi connectivity index (χ3v) is 6.59. The third kappa shape index (κ3) is 2.66. The van der Waals surface area contributed by atoms with E-state index in [0.717, 1.165) is 24.4 Å². The zero-order valence-corrected chi connectivity index (χ0v) is 13.4. The quantitative estimate of drug-likeness (QED) is 0.777. The lowest BCUT2D eigenvalue weighted by molar-refractivity contribution is -0.100. The Labute approximate surface area is 124 Å². The molecule has 0 spiro atoms. The van der Waals surface area contributed by atoms with Crippen molar-refractivity contribution in [2.75, 3.05) is 13.1 Å². The predicted molar refractivity (Wildman–Crippen MR) is 83.7 cm³/mol. The standard InChI is InChI=1S/C18H32N2/c1-13(10-19-16-3-4-16)20-12-18-8-14-5-15(9-18)7-17(2,6-14)11-18/h13-16,19-20H,3-12H2,1-2H3. The lowest BCUT2D eigenvalue weighted by Gasteiger charge is -2.61. The van der Waals surface area contributed by atoms with Crippen LogP contribution >= 0.6 is 0 Å². The van der Waals surface area contributed by atoms with E-state index in [0.29, 0.717) is 16.9 Å². The van der Waals surface area contributed by atoms with Crippen LogP contribution in [0.4, 0.5) is 0 Å². The summed E-state index contributed by atoms with van der Waals surface area (Å²) in [5.41, 5.74) is 1.36. The molecule has 114 valence electrons. The number of hydrogen-bond acceptors (Lipinski definition) is 2. The summed E-state index contributed by atoms with van der Waals surface area (Å²) in [6.07, 6.45) is 12.0. The zero-order chi connectivity index (χ0) is 13.8. The Morgan fingerprint density at radius 1 is 1.10 bits per heavy atom. The van der Waals surface area contributed by atoms with Gasteiger partial charge in [-0.05, 0) is 81.0 Å². The van der Waals surface area contributed by atoms with Crippen molar-refractivity contribution < 1.29 is 0 Å². The molecule has 0 heterocycles. The summed E-state index contributed by atoms with van der Waals surface area (Å²) in [6.45, 7) is 7.38. The highest BCUT2D eigenvalue weighted by atomic mass is 15.0. The van der Waals surface area contributed by atoms with Gasteiger partial charge in [0.05, 0.1) is 0 Å². The molecule has 0 aromatic heterocycles. The summed E-state index contributed by atoms with van der Waals surface area (Å²) in [7, 11) is 0. The molecule has 5 aliphatic carbocycles. The lowest BCUT2D eigenvalue weighted by atomic mass is 9.44. The maximum atomic E-state index is 3.88. The SMILES string of the molecule is CC(CNC1CC1)NCC12CC3CC(CC(C)(C3)C1)C2. The van der Waals surface area contributed by atoms with Crippen molar-refractivity contribution in [2.45, 2.75) is 77.3 Å². The second-order valence-electron chi connectivity index (χ2n) is 9.24. The number of rotatable bonds is 6. The molecule has 0 aromatic rings. The van der Waals surface area contributed by atoms with E-state index in [1.165, 1.54) is 51.5 Å². The zero-order valence-electron chi connectivity index (χ0n) is 13.4. The van der Waals surface area contributed by atoms with Crippen molar-refractivity contribution in [3.8, 4) is 0 Å². The van der Waals surface area contributed by atoms with Gasteiger partial charge in [0.1, 0.15) is 0 Å². The molecule has 0 radical (unpaired) electrons. The Hall–Kier alpha value is -0.0800. The molecule has 2 nitrogen and oxygen atoms in total. The third-order valence-electron chi connectivity index (χ3n) is 6.59. The van der Waals surface area contributed by atoms with Crippen molar-refractivity contribution in [3.63, 3.8) is 0 Å². The van der Waals surface area contributed by atoms with Crippen LogP contribution in [0, 0.1) is 22.7 Å². The van der Waals surface area contributed by atoms with Gasteiger partial charge < -0.3 is 10.6 Å². The molecule has 0 aromatic carbocycles. The van der Waals surface area contributed by atoms with Crippen molar-refractivity contribution in [1.82, 2.24) is 10.6 Å². The molecule has 5 fully saturated rings. The molecule has 4 bridgehead atoms. The Kier molecular flexibility index (Phi) is 3.20. The Morgan fingerprint density at radius 2 is 1.80 bits per heavy atom. The predicted octanol–water partition coefficient (Wildman–Crippen LogP) is 3.32. The molecular weight excluding hydrogens is 244 g/mol. The number of hydrogen-bond donors (Lipinski definition) is 2. The van der Waals surface area contributed by atoms with Crippen LogP contribution in [0.3, 0.4) is 0 Å². The van der Waals surface area contributed by atoms with Crippen LogP contribution in [-0.4, -0.2) is 25.2 Å². The summed E-state index contributed by atoms with van der Waals surface area (Å²) in [5, 5.41) is 7.54. The van der Waals surface area contributed by atoms with E-state index in [4.69, 9.17) is 0 Å². The fraction of sp³-hybridized carbons (Fsp3) is 1.00. The first-order chi connectivity index (χ1) is 9.54. The van der Waals surface area contributed by atoms with Gasteiger partial charge in [0.2, 0.25) is 0 Å². The number of nitrogens with one attached hydrogen (secondary N) is 2. The summed E-state index contributed by atoms with van der Waals surface area (Å²) in [5.74, 6) is 2.12. The smallest absolute Gasteiger partial charge is 0.0164 e.